The van der Waals surface area contributed by atoms with Crippen molar-refractivity contribution < 1.29 is 28.5 Å². The maximum Gasteiger partial charge on any atom is 0.311 e. The van der Waals surface area contributed by atoms with Gasteiger partial charge in [-0.25, -0.2) is 0 Å². The Morgan fingerprint density at radius 2 is 1.04 bits per heavy atom. The minimum absolute atomic E-state index is 0.224. The molecule has 0 aromatic carbocycles. The normalized spacial score (nSPS) is 12.1. The van der Waals surface area contributed by atoms with Crippen LogP contribution in [0.3, 0.4) is 0 Å². The molecule has 0 spiro atoms. The van der Waals surface area contributed by atoms with E-state index in [1.54, 1.807) is 0 Å². The van der Waals surface area contributed by atoms with Crippen LogP contribution in [0.25, 0.3) is 0 Å². The predicted molar refractivity (Wildman–Crippen MR) is 87.1 cm³/mol. The summed E-state index contributed by atoms with van der Waals surface area (Å²) in [5.74, 6) is -0.449. The van der Waals surface area contributed by atoms with E-state index in [0.29, 0.717) is 39.3 Å². The average Bonchev–Trinajstić information content (AvgIpc) is 2.51. The fourth-order valence-electron chi connectivity index (χ4n) is 1.88. The molecule has 0 aromatic heterocycles. The zero-order valence-electron chi connectivity index (χ0n) is 15.4. The third-order valence-corrected chi connectivity index (χ3v) is 3.80. The van der Waals surface area contributed by atoms with Gasteiger partial charge in [-0.15, -0.1) is 0 Å². The van der Waals surface area contributed by atoms with E-state index >= 15 is 0 Å². The Hall–Kier alpha value is -1.14. The van der Waals surface area contributed by atoms with Crippen molar-refractivity contribution in [1.82, 2.24) is 0 Å². The number of rotatable bonds is 12. The molecule has 0 bridgehead atoms. The number of carbonyl (C=O) groups is 2. The highest BCUT2D eigenvalue weighted by atomic mass is 16.5. The van der Waals surface area contributed by atoms with Crippen LogP contribution in [-0.4, -0.2) is 52.6 Å². The second-order valence-corrected chi connectivity index (χ2v) is 6.83. The molecule has 0 aromatic rings. The first-order valence-corrected chi connectivity index (χ1v) is 7.99. The number of hydrogen-bond donors (Lipinski definition) is 0. The zero-order chi connectivity index (χ0) is 17.9. The first-order chi connectivity index (χ1) is 10.7. The molecular formula is C17H32O6. The molecule has 136 valence electrons. The molecule has 0 saturated carbocycles. The van der Waals surface area contributed by atoms with Gasteiger partial charge in [0.1, 0.15) is 0 Å². The highest BCUT2D eigenvalue weighted by molar-refractivity contribution is 5.76. The third-order valence-electron chi connectivity index (χ3n) is 3.80. The Kier molecular flexibility index (Phi) is 10.1. The van der Waals surface area contributed by atoms with Gasteiger partial charge in [-0.3, -0.25) is 9.59 Å². The number of methoxy groups -OCH3 is 2. The Morgan fingerprint density at radius 3 is 1.35 bits per heavy atom. The third kappa shape index (κ3) is 8.91. The smallest absolute Gasteiger partial charge is 0.311 e. The molecule has 0 aliphatic carbocycles. The highest BCUT2D eigenvalue weighted by Gasteiger charge is 2.28. The summed E-state index contributed by atoms with van der Waals surface area (Å²) in [6.45, 7) is 9.55. The van der Waals surface area contributed by atoms with E-state index in [1.165, 1.54) is 14.2 Å². The van der Waals surface area contributed by atoms with Crippen molar-refractivity contribution in [3.8, 4) is 0 Å². The molecule has 0 unspecified atom stereocenters. The lowest BCUT2D eigenvalue weighted by molar-refractivity contribution is -0.152. The molecule has 6 nitrogen and oxygen atoms in total. The van der Waals surface area contributed by atoms with Crippen molar-refractivity contribution in [3.05, 3.63) is 0 Å². The van der Waals surface area contributed by atoms with Crippen molar-refractivity contribution >= 4 is 11.9 Å². The fraction of sp³-hybridized carbons (Fsp3) is 0.882. The zero-order valence-corrected chi connectivity index (χ0v) is 15.4. The van der Waals surface area contributed by atoms with Crippen LogP contribution in [-0.2, 0) is 28.5 Å². The number of hydrogen-bond acceptors (Lipinski definition) is 6. The van der Waals surface area contributed by atoms with Crippen molar-refractivity contribution in [1.29, 1.82) is 0 Å². The Morgan fingerprint density at radius 1 is 0.696 bits per heavy atom. The monoisotopic (exact) mass is 332 g/mol. The van der Waals surface area contributed by atoms with Crippen LogP contribution in [0.15, 0.2) is 0 Å². The fourth-order valence-corrected chi connectivity index (χ4v) is 1.88. The second kappa shape index (κ2) is 10.6. The molecule has 0 aliphatic heterocycles. The van der Waals surface area contributed by atoms with E-state index in [4.69, 9.17) is 18.9 Å². The molecule has 0 amide bonds. The first-order valence-electron chi connectivity index (χ1n) is 7.99. The maximum atomic E-state index is 11.5. The van der Waals surface area contributed by atoms with Crippen LogP contribution in [0, 0.1) is 10.8 Å². The van der Waals surface area contributed by atoms with Crippen LogP contribution in [0.5, 0.6) is 0 Å². The molecule has 0 saturated heterocycles. The Balaban J connectivity index is 3.61. The number of ether oxygens (including phenoxy) is 4. The van der Waals surface area contributed by atoms with Gasteiger partial charge in [-0.05, 0) is 47.0 Å². The van der Waals surface area contributed by atoms with Gasteiger partial charge in [-0.2, -0.15) is 0 Å². The van der Waals surface area contributed by atoms with Gasteiger partial charge in [0.2, 0.25) is 0 Å². The van der Waals surface area contributed by atoms with Crippen molar-refractivity contribution in [2.75, 3.05) is 40.6 Å². The minimum atomic E-state index is -0.523. The van der Waals surface area contributed by atoms with Gasteiger partial charge in [-0.1, -0.05) is 0 Å². The first kappa shape index (κ1) is 21.9. The van der Waals surface area contributed by atoms with Gasteiger partial charge in [0.25, 0.3) is 0 Å². The lowest BCUT2D eigenvalue weighted by atomic mass is 9.90. The predicted octanol–water partition coefficient (Wildman–Crippen LogP) is 2.59. The van der Waals surface area contributed by atoms with Crippen molar-refractivity contribution in [3.63, 3.8) is 0 Å². The average molecular weight is 332 g/mol. The summed E-state index contributed by atoms with van der Waals surface area (Å²) in [5, 5.41) is 0. The van der Waals surface area contributed by atoms with E-state index in [-0.39, 0.29) is 11.9 Å². The van der Waals surface area contributed by atoms with Gasteiger partial charge >= 0.3 is 11.9 Å². The molecule has 0 rings (SSSR count). The SMILES string of the molecule is COC(=O)C(C)(C)CCOCCCOCCC(C)(C)C(=O)OC. The largest absolute Gasteiger partial charge is 0.469 e. The van der Waals surface area contributed by atoms with Crippen molar-refractivity contribution in [2.24, 2.45) is 10.8 Å². The lowest BCUT2D eigenvalue weighted by Gasteiger charge is -2.21. The molecule has 0 fully saturated rings. The summed E-state index contributed by atoms with van der Waals surface area (Å²) in [5.41, 5.74) is -1.05. The van der Waals surface area contributed by atoms with E-state index in [2.05, 4.69) is 0 Å². The van der Waals surface area contributed by atoms with Crippen LogP contribution in [0.4, 0.5) is 0 Å². The summed E-state index contributed by atoms with van der Waals surface area (Å²) in [4.78, 5) is 23.0. The van der Waals surface area contributed by atoms with Crippen molar-refractivity contribution in [2.45, 2.75) is 47.0 Å². The van der Waals surface area contributed by atoms with E-state index in [9.17, 15) is 9.59 Å². The number of esters is 2. The molecule has 0 radical (unpaired) electrons. The second-order valence-electron chi connectivity index (χ2n) is 6.83. The minimum Gasteiger partial charge on any atom is -0.469 e. The lowest BCUT2D eigenvalue weighted by Crippen LogP contribution is -2.27. The van der Waals surface area contributed by atoms with E-state index in [1.807, 2.05) is 27.7 Å². The van der Waals surface area contributed by atoms with Crippen LogP contribution in [0.2, 0.25) is 0 Å². The summed E-state index contributed by atoms with van der Waals surface area (Å²) < 4.78 is 20.5. The van der Waals surface area contributed by atoms with Gasteiger partial charge in [0.05, 0.1) is 25.0 Å². The molecule has 0 aliphatic rings. The van der Waals surface area contributed by atoms with Crippen LogP contribution >= 0.6 is 0 Å². The van der Waals surface area contributed by atoms with Gasteiger partial charge in [0.15, 0.2) is 0 Å². The molecule has 6 heteroatoms. The standard InChI is InChI=1S/C17H32O6/c1-16(2,14(18)20-5)8-12-22-10-7-11-23-13-9-17(3,4)15(19)21-6/h7-13H2,1-6H3. The molecular weight excluding hydrogens is 300 g/mol. The number of carbonyl (C=O) groups excluding carboxylic acids is 2. The molecule has 23 heavy (non-hydrogen) atoms. The van der Waals surface area contributed by atoms with Gasteiger partial charge < -0.3 is 18.9 Å². The molecule has 0 heterocycles. The maximum absolute atomic E-state index is 11.5. The Bertz CT molecular complexity index is 328. The van der Waals surface area contributed by atoms with Gasteiger partial charge in [0, 0.05) is 26.4 Å². The Labute approximate surface area is 139 Å². The van der Waals surface area contributed by atoms with E-state index < -0.39 is 10.8 Å². The van der Waals surface area contributed by atoms with Crippen LogP contribution in [0.1, 0.15) is 47.0 Å². The summed E-state index contributed by atoms with van der Waals surface area (Å²) in [6.07, 6.45) is 2.01. The van der Waals surface area contributed by atoms with Crippen LogP contribution < -0.4 is 0 Å². The molecule has 0 N–H and O–H groups in total. The van der Waals surface area contributed by atoms with E-state index in [0.717, 1.165) is 6.42 Å². The summed E-state index contributed by atoms with van der Waals surface area (Å²) in [7, 11) is 2.79. The molecule has 0 atom stereocenters. The summed E-state index contributed by atoms with van der Waals surface area (Å²) in [6, 6.07) is 0. The quantitative estimate of drug-likeness (QED) is 0.404. The topological polar surface area (TPSA) is 71.1 Å². The summed E-state index contributed by atoms with van der Waals surface area (Å²) >= 11 is 0. The highest BCUT2D eigenvalue weighted by Crippen LogP contribution is 2.22.